The van der Waals surface area contributed by atoms with Crippen molar-refractivity contribution in [1.29, 1.82) is 0 Å². The van der Waals surface area contributed by atoms with Crippen LogP contribution in [0.15, 0.2) is 97.1 Å². The number of carbonyl (C=O) groups is 4. The molecule has 0 aliphatic heterocycles. The number of aromatic hydroxyl groups is 1. The maximum atomic E-state index is 13.4. The number of aromatic nitrogens is 6. The number of pyridine rings is 2. The number of amides is 2. The molecule has 19 nitrogen and oxygen atoms in total. The molecule has 0 fully saturated rings. The molecule has 2 amide bonds. The number of H-pyrrole nitrogens is 1. The first-order chi connectivity index (χ1) is 32.8. The van der Waals surface area contributed by atoms with Crippen LogP contribution < -0.4 is 31.6 Å². The molecule has 0 radical (unpaired) electrons. The zero-order valence-electron chi connectivity index (χ0n) is 38.8. The van der Waals surface area contributed by atoms with Gasteiger partial charge in [0.15, 0.2) is 11.7 Å². The number of aromatic carboxylic acids is 1. The molecular weight excluding hydrogens is 885 g/mol. The molecule has 0 spiro atoms. The van der Waals surface area contributed by atoms with Crippen LogP contribution in [0.3, 0.4) is 0 Å². The number of methoxy groups -OCH3 is 2. The van der Waals surface area contributed by atoms with E-state index in [0.717, 1.165) is 5.52 Å². The first-order valence-corrected chi connectivity index (χ1v) is 21.3. The lowest BCUT2D eigenvalue weighted by atomic mass is 9.95. The van der Waals surface area contributed by atoms with Crippen LogP contribution in [-0.4, -0.2) is 84.1 Å². The molecule has 0 saturated carbocycles. The van der Waals surface area contributed by atoms with Crippen molar-refractivity contribution in [2.45, 2.75) is 34.3 Å². The number of phenolic OH excluding ortho intramolecular Hbond substituents is 1. The zero-order chi connectivity index (χ0) is 49.7. The first kappa shape index (κ1) is 48.1. The summed E-state index contributed by atoms with van der Waals surface area (Å²) >= 11 is 0. The second-order valence-corrected chi connectivity index (χ2v) is 17.0. The monoisotopic (exact) mass is 934 g/mol. The summed E-state index contributed by atoms with van der Waals surface area (Å²) in [5.41, 5.74) is 18.1. The quantitative estimate of drug-likeness (QED) is 0.0537. The van der Waals surface area contributed by atoms with Gasteiger partial charge < -0.3 is 56.1 Å². The van der Waals surface area contributed by atoms with E-state index >= 15 is 0 Å². The molecule has 0 unspecified atom stereocenters. The first-order valence-electron chi connectivity index (χ1n) is 21.3. The van der Waals surface area contributed by atoms with Gasteiger partial charge in [-0.25, -0.2) is 24.7 Å². The number of hydrogen-bond acceptors (Lipinski definition) is 14. The number of carbonyl (C=O) groups excluding carboxylic acids is 3. The third-order valence-corrected chi connectivity index (χ3v) is 10.6. The molecule has 0 atom stereocenters. The van der Waals surface area contributed by atoms with Gasteiger partial charge in [-0.15, -0.1) is 0 Å². The van der Waals surface area contributed by atoms with Crippen molar-refractivity contribution in [3.8, 4) is 39.8 Å². The van der Waals surface area contributed by atoms with E-state index in [2.05, 4.69) is 56.3 Å². The van der Waals surface area contributed by atoms with E-state index in [1.165, 1.54) is 33.3 Å². The van der Waals surface area contributed by atoms with Gasteiger partial charge in [-0.2, -0.15) is 0 Å². The fraction of sp³-hybridized carbons (Fsp3) is 0.200. The Morgan fingerprint density at radius 3 is 1.84 bits per heavy atom. The highest BCUT2D eigenvalue weighted by Gasteiger charge is 2.23. The number of imidazole rings is 2. The Hall–Kier alpha value is -8.84. The number of nitrogens with zero attached hydrogens (tertiary/aromatic N) is 5. The summed E-state index contributed by atoms with van der Waals surface area (Å²) in [5, 5.41) is 25.4. The van der Waals surface area contributed by atoms with E-state index < -0.39 is 17.8 Å². The minimum Gasteiger partial charge on any atom is -0.508 e. The highest BCUT2D eigenvalue weighted by Crippen LogP contribution is 2.33. The molecule has 4 aromatic carbocycles. The van der Waals surface area contributed by atoms with E-state index in [9.17, 15) is 29.4 Å². The normalized spacial score (nSPS) is 11.2. The molecule has 4 heterocycles. The number of carboxylic acid groups (broad SMARTS) is 1. The third kappa shape index (κ3) is 11.1. The number of aromatic amines is 1. The molecule has 19 heteroatoms. The van der Waals surface area contributed by atoms with Gasteiger partial charge in [0.2, 0.25) is 17.7 Å². The minimum absolute atomic E-state index is 0.0128. The predicted molar refractivity (Wildman–Crippen MR) is 262 cm³/mol. The maximum absolute atomic E-state index is 13.4. The van der Waals surface area contributed by atoms with Crippen molar-refractivity contribution in [2.24, 2.45) is 12.5 Å². The van der Waals surface area contributed by atoms with E-state index in [-0.39, 0.29) is 63.8 Å². The van der Waals surface area contributed by atoms with E-state index in [0.29, 0.717) is 68.3 Å². The summed E-state index contributed by atoms with van der Waals surface area (Å²) in [7, 11) is 4.67. The number of Topliss-reactive ketones (excluding diaryl/α,β-unsaturated/α-hetero) is 1. The number of nitrogen functional groups attached to an aromatic ring is 2. The largest absolute Gasteiger partial charge is 0.508 e. The molecule has 69 heavy (non-hydrogen) atoms. The summed E-state index contributed by atoms with van der Waals surface area (Å²) in [6, 6.07) is 26.2. The number of ether oxygens (including phenoxy) is 3. The lowest BCUT2D eigenvalue weighted by molar-refractivity contribution is 0.0596. The Labute approximate surface area is 395 Å². The number of ketones is 1. The summed E-state index contributed by atoms with van der Waals surface area (Å²) < 4.78 is 17.9. The van der Waals surface area contributed by atoms with Gasteiger partial charge in [-0.3, -0.25) is 14.4 Å². The topological polar surface area (TPSA) is 285 Å². The Bertz CT molecular complexity index is 3280. The lowest BCUT2D eigenvalue weighted by Gasteiger charge is -2.18. The molecule has 354 valence electrons. The van der Waals surface area contributed by atoms with Gasteiger partial charge in [-0.1, -0.05) is 32.9 Å². The summed E-state index contributed by atoms with van der Waals surface area (Å²) in [5.74, 6) is -1.35. The number of anilines is 4. The number of fused-ring (bicyclic) bond motifs is 2. The summed E-state index contributed by atoms with van der Waals surface area (Å²) in [6.07, 6.45) is 0. The van der Waals surface area contributed by atoms with Crippen LogP contribution in [-0.2, 0) is 18.4 Å². The van der Waals surface area contributed by atoms with E-state index in [1.807, 2.05) is 0 Å². The predicted octanol–water partition coefficient (Wildman–Crippen LogP) is 8.12. The van der Waals surface area contributed by atoms with Crippen molar-refractivity contribution in [3.63, 3.8) is 0 Å². The average molecular weight is 935 g/mol. The number of carboxylic acids is 1. The molecule has 8 aromatic rings. The number of hydrogen-bond donors (Lipinski definition) is 7. The minimum atomic E-state index is -1.13. The number of nitrogens with one attached hydrogen (secondary N) is 3. The van der Waals surface area contributed by atoms with Crippen LogP contribution in [0.1, 0.15) is 75.0 Å². The van der Waals surface area contributed by atoms with Crippen molar-refractivity contribution in [3.05, 3.63) is 125 Å². The van der Waals surface area contributed by atoms with Crippen molar-refractivity contribution < 1.29 is 43.6 Å². The molecule has 9 N–H and O–H groups in total. The van der Waals surface area contributed by atoms with E-state index in [4.69, 9.17) is 25.7 Å². The second kappa shape index (κ2) is 19.9. The SMILES string of the molecule is COc1ccc(-c2ccc(COCC(C)(C)C)cc2C(=O)O)c(C(=O)Nc2ccc3nc(N)[nH]c3c2)n1.COc1ccc(-c2ccc(O)cc2C(C)=O)c(C(=O)Nc2ccc3nc(N)n(C)c3c2)n1. The molecule has 0 bridgehead atoms. The number of rotatable bonds is 13. The fourth-order valence-corrected chi connectivity index (χ4v) is 7.29. The Balaban J connectivity index is 0.000000206. The van der Waals surface area contributed by atoms with Crippen molar-refractivity contribution in [2.75, 3.05) is 42.9 Å². The number of benzene rings is 4. The smallest absolute Gasteiger partial charge is 0.336 e. The fourth-order valence-electron chi connectivity index (χ4n) is 7.29. The lowest BCUT2D eigenvalue weighted by Crippen LogP contribution is -2.16. The second-order valence-electron chi connectivity index (χ2n) is 17.0. The van der Waals surface area contributed by atoms with Crippen molar-refractivity contribution in [1.82, 2.24) is 29.5 Å². The molecule has 0 aliphatic rings. The molecule has 4 aromatic heterocycles. The van der Waals surface area contributed by atoms with Crippen LogP contribution >= 0.6 is 0 Å². The Morgan fingerprint density at radius 2 is 1.26 bits per heavy atom. The number of nitrogens with two attached hydrogens (primary N) is 2. The van der Waals surface area contributed by atoms with Gasteiger partial charge in [0.25, 0.3) is 11.8 Å². The van der Waals surface area contributed by atoms with Gasteiger partial charge in [-0.05, 0) is 102 Å². The van der Waals surface area contributed by atoms with Gasteiger partial charge >= 0.3 is 5.97 Å². The highest BCUT2D eigenvalue weighted by atomic mass is 16.5. The van der Waals surface area contributed by atoms with Crippen molar-refractivity contribution >= 4 is 68.9 Å². The Kier molecular flexibility index (Phi) is 13.9. The number of phenols is 1. The van der Waals surface area contributed by atoms with Crippen LogP contribution in [0.25, 0.3) is 44.3 Å². The van der Waals surface area contributed by atoms with Gasteiger partial charge in [0.05, 0.1) is 55.1 Å². The highest BCUT2D eigenvalue weighted by molar-refractivity contribution is 6.11. The van der Waals surface area contributed by atoms with Crippen LogP contribution in [0, 0.1) is 5.41 Å². The van der Waals surface area contributed by atoms with Crippen LogP contribution in [0.5, 0.6) is 17.5 Å². The molecule has 8 rings (SSSR count). The van der Waals surface area contributed by atoms with E-state index in [1.54, 1.807) is 96.5 Å². The van der Waals surface area contributed by atoms with Gasteiger partial charge in [0, 0.05) is 47.2 Å². The average Bonchev–Trinajstić information content (AvgIpc) is 3.83. The third-order valence-electron chi connectivity index (χ3n) is 10.6. The zero-order valence-corrected chi connectivity index (χ0v) is 38.8. The summed E-state index contributed by atoms with van der Waals surface area (Å²) in [6.45, 7) is 8.37. The summed E-state index contributed by atoms with van der Waals surface area (Å²) in [4.78, 5) is 70.9. The molecule has 0 saturated heterocycles. The standard InChI is InChI=1S/C27H29N5O5.C23H21N5O4/c1-27(2,3)14-37-13-15-5-7-17(19(11-15)25(34)35)18-8-10-22(36-4)32-23(18)24(33)29-16-6-9-20-21(12-16)31-26(28)30-20;1-12(29)17-11-14(30)5-6-15(17)16-7-9-20(32-3)27-21(16)22(31)25-13-4-8-18-19(10-13)28(2)23(24)26-18/h5-12H,13-14H2,1-4H3,(H,29,33)(H,34,35)(H3,28,30,31);4-11,30H,1-3H3,(H2,24,26)(H,25,31). The Morgan fingerprint density at radius 1 is 0.696 bits per heavy atom. The maximum Gasteiger partial charge on any atom is 0.336 e. The molecule has 0 aliphatic carbocycles. The number of aryl methyl sites for hydroxylation is 1. The van der Waals surface area contributed by atoms with Gasteiger partial charge in [0.1, 0.15) is 17.1 Å². The molecular formula is C50H50N10O9. The van der Waals surface area contributed by atoms with Crippen LogP contribution in [0.2, 0.25) is 0 Å². The van der Waals surface area contributed by atoms with Crippen LogP contribution in [0.4, 0.5) is 23.3 Å².